The second kappa shape index (κ2) is 6.62. The van der Waals surface area contributed by atoms with Gasteiger partial charge in [0.25, 0.3) is 5.69 Å². The maximum absolute atomic E-state index is 11.7. The zero-order valence-electron chi connectivity index (χ0n) is 12.2. The van der Waals surface area contributed by atoms with Crippen molar-refractivity contribution in [3.05, 3.63) is 27.3 Å². The molecule has 0 saturated heterocycles. The van der Waals surface area contributed by atoms with Gasteiger partial charge < -0.3 is 9.47 Å². The molecule has 1 amide bonds. The van der Waals surface area contributed by atoms with Gasteiger partial charge in [-0.15, -0.1) is 0 Å². The highest BCUT2D eigenvalue weighted by Crippen LogP contribution is 2.36. The Balaban J connectivity index is 3.08. The summed E-state index contributed by atoms with van der Waals surface area (Å²) in [5.74, 6) is 0.152. The lowest BCUT2D eigenvalue weighted by molar-refractivity contribution is -0.384. The van der Waals surface area contributed by atoms with Crippen molar-refractivity contribution in [1.82, 2.24) is 0 Å². The zero-order valence-corrected chi connectivity index (χ0v) is 13.0. The maximum atomic E-state index is 11.7. The standard InChI is InChI=1S/C13H17ClN2O5/c1-5-20-11-7-10(16(18)19)8(14)6-9(11)15-12(17)21-13(2,3)4/h6-7H,5H2,1-4H3,(H,15,17). The molecule has 0 saturated carbocycles. The number of anilines is 1. The van der Waals surface area contributed by atoms with E-state index in [1.807, 2.05) is 0 Å². The summed E-state index contributed by atoms with van der Waals surface area (Å²) in [6, 6.07) is 2.42. The molecule has 0 atom stereocenters. The third-order valence-corrected chi connectivity index (χ3v) is 2.48. The van der Waals surface area contributed by atoms with E-state index in [9.17, 15) is 14.9 Å². The van der Waals surface area contributed by atoms with Gasteiger partial charge in [0.2, 0.25) is 0 Å². The number of nitro groups is 1. The molecule has 0 heterocycles. The van der Waals surface area contributed by atoms with E-state index in [1.165, 1.54) is 12.1 Å². The van der Waals surface area contributed by atoms with Crippen molar-refractivity contribution in [3.8, 4) is 5.75 Å². The molecule has 0 aromatic heterocycles. The van der Waals surface area contributed by atoms with Gasteiger partial charge in [-0.1, -0.05) is 11.6 Å². The van der Waals surface area contributed by atoms with E-state index in [1.54, 1.807) is 27.7 Å². The number of halogens is 1. The summed E-state index contributed by atoms with van der Waals surface area (Å²) in [7, 11) is 0. The predicted molar refractivity (Wildman–Crippen MR) is 79.1 cm³/mol. The minimum absolute atomic E-state index is 0.102. The molecule has 1 N–H and O–H groups in total. The molecular formula is C13H17ClN2O5. The van der Waals surface area contributed by atoms with E-state index in [4.69, 9.17) is 21.1 Å². The van der Waals surface area contributed by atoms with E-state index in [2.05, 4.69) is 5.32 Å². The molecule has 0 spiro atoms. The summed E-state index contributed by atoms with van der Waals surface area (Å²) in [4.78, 5) is 22.0. The normalized spacial score (nSPS) is 10.9. The number of hydrogen-bond acceptors (Lipinski definition) is 5. The maximum Gasteiger partial charge on any atom is 0.412 e. The van der Waals surface area contributed by atoms with Crippen LogP contribution < -0.4 is 10.1 Å². The van der Waals surface area contributed by atoms with E-state index < -0.39 is 16.6 Å². The van der Waals surface area contributed by atoms with Gasteiger partial charge in [0, 0.05) is 0 Å². The topological polar surface area (TPSA) is 90.7 Å². The van der Waals surface area contributed by atoms with Crippen LogP contribution in [0, 0.1) is 10.1 Å². The average Bonchev–Trinajstić information content (AvgIpc) is 2.29. The van der Waals surface area contributed by atoms with Crippen LogP contribution in [0.1, 0.15) is 27.7 Å². The average molecular weight is 317 g/mol. The SMILES string of the molecule is CCOc1cc([N+](=O)[O-])c(Cl)cc1NC(=O)OC(C)(C)C. The fraction of sp³-hybridized carbons (Fsp3) is 0.462. The Morgan fingerprint density at radius 3 is 2.52 bits per heavy atom. The first-order valence-corrected chi connectivity index (χ1v) is 6.62. The monoisotopic (exact) mass is 316 g/mol. The summed E-state index contributed by atoms with van der Waals surface area (Å²) in [5.41, 5.74) is -0.753. The van der Waals surface area contributed by atoms with Gasteiger partial charge in [-0.05, 0) is 33.8 Å². The van der Waals surface area contributed by atoms with Gasteiger partial charge in [0.1, 0.15) is 16.4 Å². The van der Waals surface area contributed by atoms with Crippen LogP contribution in [0.5, 0.6) is 5.75 Å². The minimum Gasteiger partial charge on any atom is -0.491 e. The molecule has 7 nitrogen and oxygen atoms in total. The summed E-state index contributed by atoms with van der Waals surface area (Å²) in [6.07, 6.45) is -0.701. The Hall–Kier alpha value is -2.02. The van der Waals surface area contributed by atoms with Crippen molar-refractivity contribution in [2.24, 2.45) is 0 Å². The molecule has 0 unspecified atom stereocenters. The van der Waals surface area contributed by atoms with Crippen molar-refractivity contribution in [3.63, 3.8) is 0 Å². The van der Waals surface area contributed by atoms with Crippen molar-refractivity contribution in [2.75, 3.05) is 11.9 Å². The summed E-state index contributed by atoms with van der Waals surface area (Å²) < 4.78 is 10.4. The Bertz CT molecular complexity index is 554. The van der Waals surface area contributed by atoms with Gasteiger partial charge in [-0.3, -0.25) is 15.4 Å². The van der Waals surface area contributed by atoms with E-state index in [0.29, 0.717) is 0 Å². The summed E-state index contributed by atoms with van der Waals surface area (Å²) in [6.45, 7) is 7.16. The molecule has 1 aromatic rings. The molecule has 0 fully saturated rings. The van der Waals surface area contributed by atoms with Crippen LogP contribution in [0.15, 0.2) is 12.1 Å². The number of ether oxygens (including phenoxy) is 2. The predicted octanol–water partition coefficient (Wildman–Crippen LogP) is 3.99. The van der Waals surface area contributed by atoms with Crippen LogP contribution in [-0.4, -0.2) is 23.2 Å². The largest absolute Gasteiger partial charge is 0.491 e. The van der Waals surface area contributed by atoms with Crippen molar-refractivity contribution in [1.29, 1.82) is 0 Å². The molecule has 0 radical (unpaired) electrons. The highest BCUT2D eigenvalue weighted by Gasteiger charge is 2.21. The molecule has 0 aliphatic heterocycles. The van der Waals surface area contributed by atoms with Crippen molar-refractivity contribution in [2.45, 2.75) is 33.3 Å². The molecule has 116 valence electrons. The van der Waals surface area contributed by atoms with E-state index in [0.717, 1.165) is 0 Å². The number of amides is 1. The first-order valence-electron chi connectivity index (χ1n) is 6.24. The zero-order chi connectivity index (χ0) is 16.2. The Kier molecular flexibility index (Phi) is 5.37. The molecular weight excluding hydrogens is 300 g/mol. The highest BCUT2D eigenvalue weighted by molar-refractivity contribution is 6.33. The number of nitrogens with one attached hydrogen (secondary N) is 1. The van der Waals surface area contributed by atoms with Crippen LogP contribution in [-0.2, 0) is 4.74 Å². The fourth-order valence-corrected chi connectivity index (χ4v) is 1.70. The first kappa shape index (κ1) is 17.0. The first-order chi connectivity index (χ1) is 9.64. The van der Waals surface area contributed by atoms with Crippen LogP contribution in [0.2, 0.25) is 5.02 Å². The molecule has 0 aliphatic rings. The molecule has 21 heavy (non-hydrogen) atoms. The summed E-state index contributed by atoms with van der Waals surface area (Å²) >= 11 is 5.82. The number of benzene rings is 1. The van der Waals surface area contributed by atoms with Gasteiger partial charge >= 0.3 is 6.09 Å². The minimum atomic E-state index is -0.701. The van der Waals surface area contributed by atoms with Gasteiger partial charge in [-0.2, -0.15) is 0 Å². The lowest BCUT2D eigenvalue weighted by Crippen LogP contribution is -2.27. The smallest absolute Gasteiger partial charge is 0.412 e. The number of carbonyl (C=O) groups is 1. The number of rotatable bonds is 4. The number of carbonyl (C=O) groups excluding carboxylic acids is 1. The third-order valence-electron chi connectivity index (χ3n) is 2.18. The molecule has 1 aromatic carbocycles. The van der Waals surface area contributed by atoms with Gasteiger partial charge in [0.15, 0.2) is 0 Å². The van der Waals surface area contributed by atoms with Gasteiger partial charge in [0.05, 0.1) is 23.3 Å². The van der Waals surface area contributed by atoms with Crippen LogP contribution >= 0.6 is 11.6 Å². The van der Waals surface area contributed by atoms with Gasteiger partial charge in [-0.25, -0.2) is 4.79 Å². The molecule has 0 bridgehead atoms. The Morgan fingerprint density at radius 2 is 2.05 bits per heavy atom. The van der Waals surface area contributed by atoms with Crippen LogP contribution in [0.3, 0.4) is 0 Å². The van der Waals surface area contributed by atoms with E-state index in [-0.39, 0.29) is 28.8 Å². The molecule has 1 rings (SSSR count). The van der Waals surface area contributed by atoms with Crippen molar-refractivity contribution >= 4 is 29.1 Å². The number of nitrogens with zero attached hydrogens (tertiary/aromatic N) is 1. The van der Waals surface area contributed by atoms with Crippen LogP contribution in [0.4, 0.5) is 16.2 Å². The lowest BCUT2D eigenvalue weighted by atomic mass is 10.2. The van der Waals surface area contributed by atoms with Crippen molar-refractivity contribution < 1.29 is 19.2 Å². The number of hydrogen-bond donors (Lipinski definition) is 1. The molecule has 0 aliphatic carbocycles. The van der Waals surface area contributed by atoms with Crippen LogP contribution in [0.25, 0.3) is 0 Å². The highest BCUT2D eigenvalue weighted by atomic mass is 35.5. The fourth-order valence-electron chi connectivity index (χ4n) is 1.47. The third kappa shape index (κ3) is 5.11. The quantitative estimate of drug-likeness (QED) is 0.669. The second-order valence-corrected chi connectivity index (χ2v) is 5.52. The lowest BCUT2D eigenvalue weighted by Gasteiger charge is -2.20. The summed E-state index contributed by atoms with van der Waals surface area (Å²) in [5, 5.41) is 13.2. The van der Waals surface area contributed by atoms with E-state index >= 15 is 0 Å². The molecule has 8 heteroatoms. The number of nitro benzene ring substituents is 1. The second-order valence-electron chi connectivity index (χ2n) is 5.12. The Morgan fingerprint density at radius 1 is 1.43 bits per heavy atom. The Labute approximate surface area is 127 Å².